The van der Waals surface area contributed by atoms with E-state index in [9.17, 15) is 4.79 Å². The molecule has 1 atom stereocenters. The highest BCUT2D eigenvalue weighted by molar-refractivity contribution is 5.91. The van der Waals surface area contributed by atoms with E-state index in [2.05, 4.69) is 68.1 Å². The maximum atomic E-state index is 11.5. The van der Waals surface area contributed by atoms with Gasteiger partial charge in [0.05, 0.1) is 6.61 Å². The van der Waals surface area contributed by atoms with Gasteiger partial charge in [-0.3, -0.25) is 4.79 Å². The predicted octanol–water partition coefficient (Wildman–Crippen LogP) is 5.40. The number of nitrogens with zero attached hydrogens (tertiary/aromatic N) is 1. The molecule has 2 aromatic carbocycles. The van der Waals surface area contributed by atoms with Crippen LogP contribution < -0.4 is 10.5 Å². The van der Waals surface area contributed by atoms with E-state index in [0.29, 0.717) is 18.7 Å². The van der Waals surface area contributed by atoms with E-state index in [0.717, 1.165) is 17.1 Å². The quantitative estimate of drug-likeness (QED) is 0.526. The second-order valence-corrected chi connectivity index (χ2v) is 8.81. The molecule has 2 N–H and O–H groups in total. The SMILES string of the molecule is C=C(C)N(CC(C)COc1ccc(C2(c3ccccc3)CC2)cc1)/C(C)=C(\C)C(N)=O. The van der Waals surface area contributed by atoms with E-state index < -0.39 is 5.91 Å². The maximum Gasteiger partial charge on any atom is 0.246 e. The Bertz CT molecular complexity index is 956. The average Bonchev–Trinajstić information content (AvgIpc) is 3.58. The van der Waals surface area contributed by atoms with E-state index in [-0.39, 0.29) is 11.3 Å². The van der Waals surface area contributed by atoms with Gasteiger partial charge in [0.1, 0.15) is 5.75 Å². The lowest BCUT2D eigenvalue weighted by atomic mass is 9.88. The molecule has 1 fully saturated rings. The van der Waals surface area contributed by atoms with Gasteiger partial charge in [0.25, 0.3) is 0 Å². The largest absolute Gasteiger partial charge is 0.493 e. The number of primary amides is 1. The second kappa shape index (κ2) is 9.42. The monoisotopic (exact) mass is 418 g/mol. The first kappa shape index (κ1) is 22.7. The van der Waals surface area contributed by atoms with Crippen molar-refractivity contribution in [1.82, 2.24) is 4.90 Å². The topological polar surface area (TPSA) is 55.6 Å². The normalized spacial score (nSPS) is 16.1. The Morgan fingerprint density at radius 1 is 1.06 bits per heavy atom. The molecule has 2 aromatic rings. The summed E-state index contributed by atoms with van der Waals surface area (Å²) in [6.07, 6.45) is 2.39. The highest BCUT2D eigenvalue weighted by atomic mass is 16.5. The molecule has 31 heavy (non-hydrogen) atoms. The predicted molar refractivity (Wildman–Crippen MR) is 127 cm³/mol. The molecule has 0 saturated heterocycles. The van der Waals surface area contributed by atoms with Crippen LogP contribution in [0, 0.1) is 5.92 Å². The van der Waals surface area contributed by atoms with Gasteiger partial charge in [-0.2, -0.15) is 0 Å². The van der Waals surface area contributed by atoms with E-state index in [1.165, 1.54) is 24.0 Å². The first-order chi connectivity index (χ1) is 14.7. The zero-order valence-corrected chi connectivity index (χ0v) is 19.2. The van der Waals surface area contributed by atoms with Gasteiger partial charge in [-0.15, -0.1) is 0 Å². The Hall–Kier alpha value is -3.01. The molecule has 0 aliphatic heterocycles. The van der Waals surface area contributed by atoms with Gasteiger partial charge < -0.3 is 15.4 Å². The lowest BCUT2D eigenvalue weighted by Gasteiger charge is -2.29. The molecule has 1 amide bonds. The van der Waals surface area contributed by atoms with Crippen molar-refractivity contribution in [2.24, 2.45) is 11.7 Å². The van der Waals surface area contributed by atoms with Crippen LogP contribution >= 0.6 is 0 Å². The number of hydrogen-bond acceptors (Lipinski definition) is 3. The van der Waals surface area contributed by atoms with Gasteiger partial charge in [-0.1, -0.05) is 56.0 Å². The summed E-state index contributed by atoms with van der Waals surface area (Å²) in [5.41, 5.74) is 10.7. The molecule has 1 aliphatic carbocycles. The molecule has 0 spiro atoms. The number of benzene rings is 2. The van der Waals surface area contributed by atoms with Crippen LogP contribution in [0.15, 0.2) is 78.1 Å². The molecule has 164 valence electrons. The number of carbonyl (C=O) groups excluding carboxylic acids is 1. The van der Waals surface area contributed by atoms with E-state index in [1.807, 2.05) is 18.7 Å². The van der Waals surface area contributed by atoms with Crippen LogP contribution in [0.5, 0.6) is 5.75 Å². The number of rotatable bonds is 10. The number of ether oxygens (including phenoxy) is 1. The minimum Gasteiger partial charge on any atom is -0.493 e. The molecule has 0 bridgehead atoms. The van der Waals surface area contributed by atoms with Crippen molar-refractivity contribution in [3.8, 4) is 5.75 Å². The second-order valence-electron chi connectivity index (χ2n) is 8.81. The number of amides is 1. The molecule has 1 aliphatic rings. The number of carbonyl (C=O) groups is 1. The Morgan fingerprint density at radius 2 is 1.65 bits per heavy atom. The van der Waals surface area contributed by atoms with Gasteiger partial charge >= 0.3 is 0 Å². The third kappa shape index (κ3) is 5.19. The van der Waals surface area contributed by atoms with Crippen LogP contribution in [-0.2, 0) is 10.2 Å². The van der Waals surface area contributed by atoms with Crippen LogP contribution in [0.2, 0.25) is 0 Å². The summed E-state index contributed by atoms with van der Waals surface area (Å²) < 4.78 is 6.07. The van der Waals surface area contributed by atoms with Crippen molar-refractivity contribution in [3.63, 3.8) is 0 Å². The fraction of sp³-hybridized carbons (Fsp3) is 0.370. The van der Waals surface area contributed by atoms with Crippen molar-refractivity contribution in [2.45, 2.75) is 46.0 Å². The average molecular weight is 419 g/mol. The van der Waals surface area contributed by atoms with Crippen molar-refractivity contribution < 1.29 is 9.53 Å². The van der Waals surface area contributed by atoms with E-state index in [4.69, 9.17) is 10.5 Å². The summed E-state index contributed by atoms with van der Waals surface area (Å²) >= 11 is 0. The first-order valence-corrected chi connectivity index (χ1v) is 10.9. The van der Waals surface area contributed by atoms with Crippen molar-refractivity contribution >= 4 is 5.91 Å². The number of allylic oxidation sites excluding steroid dienone is 2. The molecular formula is C27H34N2O2. The maximum absolute atomic E-state index is 11.5. The van der Waals surface area contributed by atoms with Crippen LogP contribution in [0.25, 0.3) is 0 Å². The molecule has 1 unspecified atom stereocenters. The van der Waals surface area contributed by atoms with Crippen LogP contribution in [-0.4, -0.2) is 24.0 Å². The zero-order valence-electron chi connectivity index (χ0n) is 19.2. The van der Waals surface area contributed by atoms with Crippen LogP contribution in [0.1, 0.15) is 51.7 Å². The van der Waals surface area contributed by atoms with Crippen LogP contribution in [0.4, 0.5) is 0 Å². The van der Waals surface area contributed by atoms with Gasteiger partial charge in [0.2, 0.25) is 5.91 Å². The third-order valence-corrected chi connectivity index (χ3v) is 6.29. The fourth-order valence-electron chi connectivity index (χ4n) is 4.06. The Labute approximate surface area is 186 Å². The summed E-state index contributed by atoms with van der Waals surface area (Å²) in [4.78, 5) is 13.6. The molecule has 0 radical (unpaired) electrons. The Morgan fingerprint density at radius 3 is 2.16 bits per heavy atom. The summed E-state index contributed by atoms with van der Waals surface area (Å²) in [6, 6.07) is 19.3. The molecule has 0 heterocycles. The lowest BCUT2D eigenvalue weighted by molar-refractivity contribution is -0.114. The van der Waals surface area contributed by atoms with Crippen LogP contribution in [0.3, 0.4) is 0 Å². The molecule has 1 saturated carbocycles. The minimum absolute atomic E-state index is 0.178. The number of nitrogens with two attached hydrogens (primary N) is 1. The lowest BCUT2D eigenvalue weighted by Crippen LogP contribution is -2.30. The van der Waals surface area contributed by atoms with Gasteiger partial charge in [0.15, 0.2) is 0 Å². The molecule has 4 heteroatoms. The zero-order chi connectivity index (χ0) is 22.6. The molecule has 0 aromatic heterocycles. The van der Waals surface area contributed by atoms with Gasteiger partial charge in [-0.25, -0.2) is 0 Å². The smallest absolute Gasteiger partial charge is 0.246 e. The third-order valence-electron chi connectivity index (χ3n) is 6.29. The minimum atomic E-state index is -0.406. The van der Waals surface area contributed by atoms with Crippen molar-refractivity contribution in [3.05, 3.63) is 89.3 Å². The van der Waals surface area contributed by atoms with Crippen molar-refractivity contribution in [2.75, 3.05) is 13.2 Å². The molecular weight excluding hydrogens is 384 g/mol. The first-order valence-electron chi connectivity index (χ1n) is 10.9. The van der Waals surface area contributed by atoms with Crippen molar-refractivity contribution in [1.29, 1.82) is 0 Å². The Kier molecular flexibility index (Phi) is 6.89. The Balaban J connectivity index is 1.61. The highest BCUT2D eigenvalue weighted by Crippen LogP contribution is 2.53. The van der Waals surface area contributed by atoms with Gasteiger partial charge in [-0.05, 0) is 56.9 Å². The molecule has 3 rings (SSSR count). The highest BCUT2D eigenvalue weighted by Gasteiger charge is 2.45. The number of hydrogen-bond donors (Lipinski definition) is 1. The summed E-state index contributed by atoms with van der Waals surface area (Å²) in [6.45, 7) is 13.1. The molecule has 4 nitrogen and oxygen atoms in total. The summed E-state index contributed by atoms with van der Waals surface area (Å²) in [5.74, 6) is 0.713. The van der Waals surface area contributed by atoms with E-state index in [1.54, 1.807) is 6.92 Å². The summed E-state index contributed by atoms with van der Waals surface area (Å²) in [7, 11) is 0. The fourth-order valence-corrected chi connectivity index (χ4v) is 4.06. The van der Waals surface area contributed by atoms with E-state index >= 15 is 0 Å². The standard InChI is InChI=1S/C27H34N2O2/c1-19(2)29(22(5)21(4)26(28)30)17-20(3)18-31-25-13-11-24(12-14-25)27(15-16-27)23-9-7-6-8-10-23/h6-14,20H,1,15-18H2,2-5H3,(H2,28,30)/b22-21+. The summed E-state index contributed by atoms with van der Waals surface area (Å²) in [5, 5.41) is 0. The van der Waals surface area contributed by atoms with Gasteiger partial charge in [0, 0.05) is 34.8 Å².